The first-order valence-electron chi connectivity index (χ1n) is 11.3. The number of ether oxygens (including phenoxy) is 3. The lowest BCUT2D eigenvalue weighted by molar-refractivity contribution is 0.0599. The molecule has 1 aliphatic carbocycles. The van der Waals surface area contributed by atoms with Crippen molar-refractivity contribution in [1.82, 2.24) is 0 Å². The van der Waals surface area contributed by atoms with Gasteiger partial charge >= 0.3 is 5.97 Å². The molecule has 0 saturated heterocycles. The van der Waals surface area contributed by atoms with Crippen molar-refractivity contribution in [2.24, 2.45) is 0 Å². The number of ketones is 1. The number of phenols is 1. The average molecular weight is 519 g/mol. The largest absolute Gasteiger partial charge is 0.507 e. The van der Waals surface area contributed by atoms with E-state index in [2.05, 4.69) is 15.9 Å². The standard InChI is InChI=1S/C26H31BrO6/c1-5-7-21-22(12-11-20(16(3)28)25(21)29)32-17-8-6-9-18(14-17)33-23-13-10-19(26(30)31-4)15(2)24(23)27/h10-13,17-18,29H,5-9,14H2,1-4H3. The zero-order valence-corrected chi connectivity index (χ0v) is 21.2. The highest BCUT2D eigenvalue weighted by Gasteiger charge is 2.27. The van der Waals surface area contributed by atoms with Gasteiger partial charge in [-0.2, -0.15) is 0 Å². The van der Waals surface area contributed by atoms with Crippen LogP contribution in [-0.4, -0.2) is 36.2 Å². The van der Waals surface area contributed by atoms with E-state index in [4.69, 9.17) is 14.2 Å². The fourth-order valence-electron chi connectivity index (χ4n) is 4.26. The zero-order chi connectivity index (χ0) is 24.1. The predicted molar refractivity (Wildman–Crippen MR) is 130 cm³/mol. The molecular weight excluding hydrogens is 488 g/mol. The van der Waals surface area contributed by atoms with Gasteiger partial charge < -0.3 is 19.3 Å². The van der Waals surface area contributed by atoms with Crippen molar-refractivity contribution in [1.29, 1.82) is 0 Å². The number of hydrogen-bond acceptors (Lipinski definition) is 6. The fraction of sp³-hybridized carbons (Fsp3) is 0.462. The SMILES string of the molecule is CCCc1c(OC2CCCC(Oc3ccc(C(=O)OC)c(C)c3Br)C2)ccc(C(C)=O)c1O. The summed E-state index contributed by atoms with van der Waals surface area (Å²) in [5.41, 5.74) is 2.28. The predicted octanol–water partition coefficient (Wildman–Crippen LogP) is 6.17. The number of aromatic hydroxyl groups is 1. The molecule has 0 bridgehead atoms. The molecule has 0 amide bonds. The number of carbonyl (C=O) groups is 2. The Morgan fingerprint density at radius 1 is 1.06 bits per heavy atom. The molecule has 2 aromatic rings. The van der Waals surface area contributed by atoms with Crippen LogP contribution < -0.4 is 9.47 Å². The third kappa shape index (κ3) is 5.69. The molecule has 178 valence electrons. The highest BCUT2D eigenvalue weighted by atomic mass is 79.9. The van der Waals surface area contributed by atoms with E-state index in [0.717, 1.165) is 35.7 Å². The Labute approximate surface area is 203 Å². The Morgan fingerprint density at radius 2 is 1.67 bits per heavy atom. The van der Waals surface area contributed by atoms with Crippen molar-refractivity contribution >= 4 is 27.7 Å². The molecule has 0 aromatic heterocycles. The number of hydrogen-bond donors (Lipinski definition) is 1. The van der Waals surface area contributed by atoms with Gasteiger partial charge in [0.15, 0.2) is 5.78 Å². The number of methoxy groups -OCH3 is 1. The van der Waals surface area contributed by atoms with Crippen molar-refractivity contribution in [3.63, 3.8) is 0 Å². The summed E-state index contributed by atoms with van der Waals surface area (Å²) in [4.78, 5) is 23.7. The Balaban J connectivity index is 1.74. The van der Waals surface area contributed by atoms with Crippen LogP contribution in [0, 0.1) is 6.92 Å². The lowest BCUT2D eigenvalue weighted by Crippen LogP contribution is -2.32. The van der Waals surface area contributed by atoms with E-state index in [0.29, 0.717) is 41.0 Å². The first-order chi connectivity index (χ1) is 15.8. The summed E-state index contributed by atoms with van der Waals surface area (Å²) in [6.45, 7) is 5.33. The van der Waals surface area contributed by atoms with Crippen molar-refractivity contribution in [3.8, 4) is 17.2 Å². The number of rotatable bonds is 8. The smallest absolute Gasteiger partial charge is 0.338 e. The highest BCUT2D eigenvalue weighted by Crippen LogP contribution is 2.37. The van der Waals surface area contributed by atoms with Crippen LogP contribution in [0.15, 0.2) is 28.7 Å². The number of carbonyl (C=O) groups excluding carboxylic acids is 2. The molecule has 7 heteroatoms. The van der Waals surface area contributed by atoms with Gasteiger partial charge in [0.05, 0.1) is 22.7 Å². The summed E-state index contributed by atoms with van der Waals surface area (Å²) >= 11 is 3.56. The second kappa shape index (κ2) is 11.1. The molecule has 1 fully saturated rings. The number of phenolic OH excluding ortho intramolecular Hbond substituents is 1. The molecular formula is C26H31BrO6. The third-order valence-corrected chi connectivity index (χ3v) is 7.03. The molecule has 1 N–H and O–H groups in total. The van der Waals surface area contributed by atoms with Crippen LogP contribution in [0.5, 0.6) is 17.2 Å². The summed E-state index contributed by atoms with van der Waals surface area (Å²) in [6, 6.07) is 6.92. The second-order valence-corrected chi connectivity index (χ2v) is 9.23. The molecule has 33 heavy (non-hydrogen) atoms. The topological polar surface area (TPSA) is 82.1 Å². The van der Waals surface area contributed by atoms with Gasteiger partial charge in [-0.3, -0.25) is 4.79 Å². The molecule has 2 atom stereocenters. The minimum absolute atomic E-state index is 0.0237. The first-order valence-corrected chi connectivity index (χ1v) is 12.1. The Kier molecular flexibility index (Phi) is 8.40. The molecule has 0 radical (unpaired) electrons. The number of Topliss-reactive ketones (excluding diaryl/α,β-unsaturated/α-hetero) is 1. The first kappa shape index (κ1) is 25.1. The quantitative estimate of drug-likeness (QED) is 0.332. The summed E-state index contributed by atoms with van der Waals surface area (Å²) in [5, 5.41) is 10.6. The number of halogens is 1. The van der Waals surface area contributed by atoms with E-state index in [1.54, 1.807) is 24.3 Å². The molecule has 0 heterocycles. The normalized spacial score (nSPS) is 18.0. The maximum Gasteiger partial charge on any atom is 0.338 e. The summed E-state index contributed by atoms with van der Waals surface area (Å²) in [7, 11) is 1.36. The summed E-state index contributed by atoms with van der Waals surface area (Å²) < 4.78 is 18.2. The van der Waals surface area contributed by atoms with Gasteiger partial charge in [0.1, 0.15) is 29.5 Å². The molecule has 1 aliphatic rings. The molecule has 2 unspecified atom stereocenters. The van der Waals surface area contributed by atoms with Gasteiger partial charge in [-0.15, -0.1) is 0 Å². The van der Waals surface area contributed by atoms with Crippen molar-refractivity contribution in [2.45, 2.75) is 71.5 Å². The van der Waals surface area contributed by atoms with E-state index in [9.17, 15) is 14.7 Å². The lowest BCUT2D eigenvalue weighted by atomic mass is 9.94. The Morgan fingerprint density at radius 3 is 2.27 bits per heavy atom. The van der Waals surface area contributed by atoms with Gasteiger partial charge in [-0.25, -0.2) is 4.79 Å². The van der Waals surface area contributed by atoms with E-state index in [1.165, 1.54) is 14.0 Å². The van der Waals surface area contributed by atoms with Crippen LogP contribution in [-0.2, 0) is 11.2 Å². The Hall–Kier alpha value is -2.54. The van der Waals surface area contributed by atoms with Gasteiger partial charge in [-0.05, 0) is 85.3 Å². The number of benzene rings is 2. The van der Waals surface area contributed by atoms with Gasteiger partial charge in [0, 0.05) is 12.0 Å². The second-order valence-electron chi connectivity index (χ2n) is 8.43. The van der Waals surface area contributed by atoms with Crippen LogP contribution in [0.4, 0.5) is 0 Å². The zero-order valence-electron chi connectivity index (χ0n) is 19.6. The van der Waals surface area contributed by atoms with Crippen molar-refractivity contribution in [2.75, 3.05) is 7.11 Å². The van der Waals surface area contributed by atoms with Gasteiger partial charge in [0.2, 0.25) is 0 Å². The fourth-order valence-corrected chi connectivity index (χ4v) is 4.70. The summed E-state index contributed by atoms with van der Waals surface area (Å²) in [5.74, 6) is 0.787. The van der Waals surface area contributed by atoms with Crippen LogP contribution in [0.1, 0.15) is 77.8 Å². The molecule has 0 spiro atoms. The molecule has 1 saturated carbocycles. The van der Waals surface area contributed by atoms with E-state index in [-0.39, 0.29) is 29.7 Å². The average Bonchev–Trinajstić information content (AvgIpc) is 2.79. The van der Waals surface area contributed by atoms with E-state index < -0.39 is 0 Å². The van der Waals surface area contributed by atoms with Crippen LogP contribution in [0.3, 0.4) is 0 Å². The highest BCUT2D eigenvalue weighted by molar-refractivity contribution is 9.10. The monoisotopic (exact) mass is 518 g/mol. The van der Waals surface area contributed by atoms with Crippen LogP contribution >= 0.6 is 15.9 Å². The molecule has 3 rings (SSSR count). The van der Waals surface area contributed by atoms with Crippen LogP contribution in [0.25, 0.3) is 0 Å². The minimum Gasteiger partial charge on any atom is -0.507 e. The molecule has 6 nitrogen and oxygen atoms in total. The summed E-state index contributed by atoms with van der Waals surface area (Å²) in [6.07, 6.45) is 4.81. The van der Waals surface area contributed by atoms with Crippen molar-refractivity contribution < 1.29 is 28.9 Å². The maximum atomic E-state index is 11.9. The van der Waals surface area contributed by atoms with E-state index in [1.807, 2.05) is 13.8 Å². The lowest BCUT2D eigenvalue weighted by Gasteiger charge is -2.31. The minimum atomic E-state index is -0.382. The van der Waals surface area contributed by atoms with E-state index >= 15 is 0 Å². The van der Waals surface area contributed by atoms with Gasteiger partial charge in [0.25, 0.3) is 0 Å². The maximum absolute atomic E-state index is 11.9. The Bertz CT molecular complexity index is 1030. The van der Waals surface area contributed by atoms with Crippen LogP contribution in [0.2, 0.25) is 0 Å². The van der Waals surface area contributed by atoms with Gasteiger partial charge in [-0.1, -0.05) is 13.3 Å². The third-order valence-electron chi connectivity index (χ3n) is 6.04. The number of esters is 1. The van der Waals surface area contributed by atoms with Crippen molar-refractivity contribution in [3.05, 3.63) is 51.0 Å². The molecule has 2 aromatic carbocycles. The molecule has 0 aliphatic heterocycles.